The summed E-state index contributed by atoms with van der Waals surface area (Å²) in [5, 5.41) is 8.25. The van der Waals surface area contributed by atoms with Gasteiger partial charge in [-0.05, 0) is 0 Å². The molecule has 66 valence electrons. The van der Waals surface area contributed by atoms with Gasteiger partial charge in [-0.1, -0.05) is 22.6 Å². The molecule has 0 aromatic heterocycles. The number of methoxy groups -OCH3 is 1. The Morgan fingerprint density at radius 2 is 2.36 bits per heavy atom. The molecule has 0 rings (SSSR count). The molecule has 0 aliphatic carbocycles. The molecular formula is C6H11IO4. The Kier molecular flexibility index (Phi) is 6.63. The number of hydrogen-bond donors (Lipinski definition) is 1. The summed E-state index contributed by atoms with van der Waals surface area (Å²) >= 11 is 2.08. The SMILES string of the molecule is COCCC(CI)OC(=O)O. The van der Waals surface area contributed by atoms with E-state index in [9.17, 15) is 4.79 Å². The predicted octanol–water partition coefficient (Wildman–Crippen LogP) is 1.52. The van der Waals surface area contributed by atoms with E-state index in [0.717, 1.165) is 0 Å². The summed E-state index contributed by atoms with van der Waals surface area (Å²) in [4.78, 5) is 10.1. The molecule has 11 heavy (non-hydrogen) atoms. The van der Waals surface area contributed by atoms with Crippen LogP contribution in [0.3, 0.4) is 0 Å². The van der Waals surface area contributed by atoms with Crippen LogP contribution in [0.2, 0.25) is 0 Å². The van der Waals surface area contributed by atoms with Gasteiger partial charge in [0.1, 0.15) is 6.10 Å². The third kappa shape index (κ3) is 6.36. The van der Waals surface area contributed by atoms with Gasteiger partial charge in [0.2, 0.25) is 0 Å². The molecule has 4 nitrogen and oxygen atoms in total. The molecule has 0 heterocycles. The fourth-order valence-electron chi connectivity index (χ4n) is 0.559. The second kappa shape index (κ2) is 6.66. The number of carbonyl (C=O) groups is 1. The van der Waals surface area contributed by atoms with E-state index in [4.69, 9.17) is 9.84 Å². The van der Waals surface area contributed by atoms with Crippen LogP contribution < -0.4 is 0 Å². The van der Waals surface area contributed by atoms with Crippen molar-refractivity contribution < 1.29 is 19.4 Å². The van der Waals surface area contributed by atoms with Crippen molar-refractivity contribution in [3.63, 3.8) is 0 Å². The minimum absolute atomic E-state index is 0.243. The molecule has 1 atom stereocenters. The first kappa shape index (κ1) is 11.0. The topological polar surface area (TPSA) is 55.8 Å². The lowest BCUT2D eigenvalue weighted by molar-refractivity contribution is 0.0469. The number of alkyl halides is 1. The van der Waals surface area contributed by atoms with E-state index in [-0.39, 0.29) is 6.10 Å². The molecule has 1 unspecified atom stereocenters. The molecular weight excluding hydrogens is 263 g/mol. The van der Waals surface area contributed by atoms with Crippen LogP contribution in [0.15, 0.2) is 0 Å². The van der Waals surface area contributed by atoms with Crippen molar-refractivity contribution in [1.82, 2.24) is 0 Å². The summed E-state index contributed by atoms with van der Waals surface area (Å²) in [6.07, 6.45) is -0.845. The summed E-state index contributed by atoms with van der Waals surface area (Å²) in [7, 11) is 1.57. The molecule has 0 aromatic carbocycles. The Balaban J connectivity index is 3.49. The van der Waals surface area contributed by atoms with Gasteiger partial charge < -0.3 is 14.6 Å². The predicted molar refractivity (Wildman–Crippen MR) is 48.3 cm³/mol. The second-order valence-electron chi connectivity index (χ2n) is 1.94. The molecule has 0 aliphatic heterocycles. The monoisotopic (exact) mass is 274 g/mol. The first-order chi connectivity index (χ1) is 5.20. The number of carboxylic acid groups (broad SMARTS) is 1. The smallest absolute Gasteiger partial charge is 0.450 e. The Morgan fingerprint density at radius 3 is 2.73 bits per heavy atom. The van der Waals surface area contributed by atoms with Gasteiger partial charge in [-0.25, -0.2) is 4.79 Å². The van der Waals surface area contributed by atoms with Gasteiger partial charge in [0, 0.05) is 24.6 Å². The Morgan fingerprint density at radius 1 is 1.73 bits per heavy atom. The van der Waals surface area contributed by atoms with Crippen LogP contribution >= 0.6 is 22.6 Å². The Hall–Kier alpha value is -0.0400. The summed E-state index contributed by atoms with van der Waals surface area (Å²) in [5.74, 6) is 0. The highest BCUT2D eigenvalue weighted by molar-refractivity contribution is 14.1. The van der Waals surface area contributed by atoms with Gasteiger partial charge in [-0.3, -0.25) is 0 Å². The van der Waals surface area contributed by atoms with Crippen LogP contribution in [0.1, 0.15) is 6.42 Å². The zero-order chi connectivity index (χ0) is 8.69. The van der Waals surface area contributed by atoms with Crippen LogP contribution in [0, 0.1) is 0 Å². The number of rotatable bonds is 5. The molecule has 0 aliphatic rings. The molecule has 0 saturated heterocycles. The first-order valence-corrected chi connectivity index (χ1v) is 4.67. The molecule has 0 radical (unpaired) electrons. The van der Waals surface area contributed by atoms with E-state index in [1.807, 2.05) is 0 Å². The fraction of sp³-hybridized carbons (Fsp3) is 0.833. The third-order valence-electron chi connectivity index (χ3n) is 1.08. The minimum Gasteiger partial charge on any atom is -0.450 e. The lowest BCUT2D eigenvalue weighted by Crippen LogP contribution is -2.19. The van der Waals surface area contributed by atoms with Gasteiger partial charge >= 0.3 is 6.16 Å². The van der Waals surface area contributed by atoms with Crippen LogP contribution in [-0.4, -0.2) is 35.5 Å². The molecule has 0 saturated carbocycles. The quantitative estimate of drug-likeness (QED) is 0.469. The van der Waals surface area contributed by atoms with E-state index in [0.29, 0.717) is 17.5 Å². The molecule has 0 aromatic rings. The molecule has 1 N–H and O–H groups in total. The minimum atomic E-state index is -1.22. The van der Waals surface area contributed by atoms with Crippen molar-refractivity contribution in [2.24, 2.45) is 0 Å². The summed E-state index contributed by atoms with van der Waals surface area (Å²) in [5.41, 5.74) is 0. The summed E-state index contributed by atoms with van der Waals surface area (Å²) < 4.78 is 9.97. The van der Waals surface area contributed by atoms with Gasteiger partial charge in [0.15, 0.2) is 0 Å². The molecule has 0 amide bonds. The van der Waals surface area contributed by atoms with E-state index in [2.05, 4.69) is 27.3 Å². The Bertz CT molecular complexity index is 117. The van der Waals surface area contributed by atoms with Crippen molar-refractivity contribution >= 4 is 28.7 Å². The van der Waals surface area contributed by atoms with Gasteiger partial charge in [-0.2, -0.15) is 0 Å². The zero-order valence-corrected chi connectivity index (χ0v) is 8.41. The first-order valence-electron chi connectivity index (χ1n) is 3.15. The average molecular weight is 274 g/mol. The van der Waals surface area contributed by atoms with E-state index < -0.39 is 6.16 Å². The molecule has 0 fully saturated rings. The highest BCUT2D eigenvalue weighted by atomic mass is 127. The van der Waals surface area contributed by atoms with Crippen LogP contribution in [0.5, 0.6) is 0 Å². The lowest BCUT2D eigenvalue weighted by Gasteiger charge is -2.11. The number of hydrogen-bond acceptors (Lipinski definition) is 3. The van der Waals surface area contributed by atoms with Gasteiger partial charge in [-0.15, -0.1) is 0 Å². The van der Waals surface area contributed by atoms with Gasteiger partial charge in [0.05, 0.1) is 0 Å². The number of ether oxygens (including phenoxy) is 2. The fourth-order valence-corrected chi connectivity index (χ4v) is 1.18. The second-order valence-corrected chi connectivity index (χ2v) is 2.82. The molecule has 0 bridgehead atoms. The van der Waals surface area contributed by atoms with Crippen molar-refractivity contribution in [2.45, 2.75) is 12.5 Å². The van der Waals surface area contributed by atoms with E-state index in [1.165, 1.54) is 0 Å². The maximum absolute atomic E-state index is 10.1. The summed E-state index contributed by atoms with van der Waals surface area (Å²) in [6, 6.07) is 0. The highest BCUT2D eigenvalue weighted by Gasteiger charge is 2.10. The van der Waals surface area contributed by atoms with Gasteiger partial charge in [0.25, 0.3) is 0 Å². The zero-order valence-electron chi connectivity index (χ0n) is 6.25. The van der Waals surface area contributed by atoms with Crippen molar-refractivity contribution in [3.05, 3.63) is 0 Å². The van der Waals surface area contributed by atoms with Crippen LogP contribution in [0.25, 0.3) is 0 Å². The maximum Gasteiger partial charge on any atom is 0.506 e. The average Bonchev–Trinajstić information content (AvgIpc) is 1.97. The highest BCUT2D eigenvalue weighted by Crippen LogP contribution is 2.03. The van der Waals surface area contributed by atoms with Crippen LogP contribution in [0.4, 0.5) is 4.79 Å². The van der Waals surface area contributed by atoms with E-state index >= 15 is 0 Å². The maximum atomic E-state index is 10.1. The van der Waals surface area contributed by atoms with Crippen molar-refractivity contribution in [3.8, 4) is 0 Å². The third-order valence-corrected chi connectivity index (χ3v) is 2.07. The normalized spacial score (nSPS) is 12.5. The molecule has 0 spiro atoms. The number of halogens is 1. The summed E-state index contributed by atoms with van der Waals surface area (Å²) in [6.45, 7) is 0.529. The van der Waals surface area contributed by atoms with Crippen molar-refractivity contribution in [2.75, 3.05) is 18.1 Å². The standard InChI is InChI=1S/C6H11IO4/c1-10-3-2-5(4-7)11-6(8)9/h5H,2-4H2,1H3,(H,8,9). The van der Waals surface area contributed by atoms with Crippen molar-refractivity contribution in [1.29, 1.82) is 0 Å². The Labute approximate surface area is 79.0 Å². The van der Waals surface area contributed by atoms with E-state index in [1.54, 1.807) is 7.11 Å². The lowest BCUT2D eigenvalue weighted by atomic mass is 10.3. The molecule has 5 heteroatoms. The largest absolute Gasteiger partial charge is 0.506 e. The van der Waals surface area contributed by atoms with Crippen LogP contribution in [-0.2, 0) is 9.47 Å².